The van der Waals surface area contributed by atoms with Crippen LogP contribution in [0.15, 0.2) is 53.9 Å². The number of thiophene rings is 1. The molecule has 0 aliphatic carbocycles. The van der Waals surface area contributed by atoms with E-state index in [9.17, 15) is 9.59 Å². The molecule has 0 radical (unpaired) electrons. The van der Waals surface area contributed by atoms with Gasteiger partial charge in [-0.3, -0.25) is 4.79 Å². The number of rotatable bonds is 7. The van der Waals surface area contributed by atoms with E-state index in [-0.39, 0.29) is 25.2 Å². The predicted molar refractivity (Wildman–Crippen MR) is 106 cm³/mol. The van der Waals surface area contributed by atoms with Crippen molar-refractivity contribution in [1.29, 1.82) is 0 Å². The van der Waals surface area contributed by atoms with Crippen molar-refractivity contribution in [3.8, 4) is 5.75 Å². The highest BCUT2D eigenvalue weighted by Gasteiger charge is 2.13. The van der Waals surface area contributed by atoms with Gasteiger partial charge in [0.15, 0.2) is 13.2 Å². The largest absolute Gasteiger partial charge is 0.481 e. The van der Waals surface area contributed by atoms with Crippen LogP contribution in [0.1, 0.15) is 17.8 Å². The number of esters is 1. The number of halogens is 1. The lowest BCUT2D eigenvalue weighted by molar-refractivity contribution is -0.150. The van der Waals surface area contributed by atoms with Crippen molar-refractivity contribution in [2.24, 2.45) is 0 Å². The SMILES string of the molecule is C[C@H](NC(=O)COC(=O)COc1ccc(Cl)c2ccccc12)c1cccs1. The molecule has 5 nitrogen and oxygen atoms in total. The second kappa shape index (κ2) is 8.88. The summed E-state index contributed by atoms with van der Waals surface area (Å²) < 4.78 is 10.5. The first kappa shape index (κ1) is 19.2. The Morgan fingerprint density at radius 1 is 1.07 bits per heavy atom. The molecule has 3 aromatic rings. The van der Waals surface area contributed by atoms with Crippen LogP contribution in [0.3, 0.4) is 0 Å². The second-order valence-corrected chi connectivity index (χ2v) is 7.23. The van der Waals surface area contributed by atoms with Crippen LogP contribution in [0.5, 0.6) is 5.75 Å². The zero-order valence-corrected chi connectivity index (χ0v) is 16.2. The van der Waals surface area contributed by atoms with Gasteiger partial charge in [0, 0.05) is 20.7 Å². The highest BCUT2D eigenvalue weighted by atomic mass is 35.5. The van der Waals surface area contributed by atoms with Gasteiger partial charge >= 0.3 is 5.97 Å². The second-order valence-electron chi connectivity index (χ2n) is 5.85. The summed E-state index contributed by atoms with van der Waals surface area (Å²) >= 11 is 7.72. The number of fused-ring (bicyclic) bond motifs is 1. The zero-order valence-electron chi connectivity index (χ0n) is 14.6. The topological polar surface area (TPSA) is 64.6 Å². The molecule has 140 valence electrons. The molecule has 1 N–H and O–H groups in total. The minimum atomic E-state index is -0.618. The Labute approximate surface area is 165 Å². The molecule has 0 spiro atoms. The van der Waals surface area contributed by atoms with Gasteiger partial charge in [0.2, 0.25) is 0 Å². The average molecular weight is 404 g/mol. The molecule has 1 amide bonds. The van der Waals surface area contributed by atoms with Gasteiger partial charge in [0.05, 0.1) is 6.04 Å². The summed E-state index contributed by atoms with van der Waals surface area (Å²) in [5.74, 6) is -0.447. The maximum absolute atomic E-state index is 11.9. The van der Waals surface area contributed by atoms with Crippen LogP contribution in [-0.4, -0.2) is 25.1 Å². The zero-order chi connectivity index (χ0) is 19.2. The fraction of sp³-hybridized carbons (Fsp3) is 0.200. The van der Waals surface area contributed by atoms with E-state index >= 15 is 0 Å². The Morgan fingerprint density at radius 3 is 2.59 bits per heavy atom. The molecule has 3 rings (SSSR count). The highest BCUT2D eigenvalue weighted by Crippen LogP contribution is 2.31. The van der Waals surface area contributed by atoms with Crippen LogP contribution < -0.4 is 10.1 Å². The summed E-state index contributed by atoms with van der Waals surface area (Å²) in [6.45, 7) is 1.24. The van der Waals surface area contributed by atoms with Crippen LogP contribution >= 0.6 is 22.9 Å². The number of hydrogen-bond donors (Lipinski definition) is 1. The number of ether oxygens (including phenoxy) is 2. The van der Waals surface area contributed by atoms with Crippen LogP contribution in [0, 0.1) is 0 Å². The summed E-state index contributed by atoms with van der Waals surface area (Å²) in [5, 5.41) is 6.97. The van der Waals surface area contributed by atoms with Gasteiger partial charge in [-0.1, -0.05) is 41.9 Å². The average Bonchev–Trinajstić information content (AvgIpc) is 3.21. The Kier molecular flexibility index (Phi) is 6.32. The molecule has 0 aliphatic heterocycles. The van der Waals surface area contributed by atoms with E-state index in [0.717, 1.165) is 15.6 Å². The molecule has 0 bridgehead atoms. The molecule has 0 unspecified atom stereocenters. The minimum Gasteiger partial charge on any atom is -0.481 e. The minimum absolute atomic E-state index is 0.132. The van der Waals surface area contributed by atoms with Gasteiger partial charge in [-0.15, -0.1) is 11.3 Å². The summed E-state index contributed by atoms with van der Waals surface area (Å²) in [6.07, 6.45) is 0. The monoisotopic (exact) mass is 403 g/mol. The van der Waals surface area contributed by atoms with Crippen LogP contribution in [0.4, 0.5) is 0 Å². The van der Waals surface area contributed by atoms with E-state index in [1.54, 1.807) is 23.5 Å². The molecule has 0 aliphatic rings. The third kappa shape index (κ3) is 4.99. The molecule has 7 heteroatoms. The highest BCUT2D eigenvalue weighted by molar-refractivity contribution is 7.10. The molecule has 1 atom stereocenters. The first-order chi connectivity index (χ1) is 13.0. The molecular weight excluding hydrogens is 386 g/mol. The van der Waals surface area contributed by atoms with Crippen LogP contribution in [-0.2, 0) is 14.3 Å². The molecule has 0 fully saturated rings. The van der Waals surface area contributed by atoms with Gasteiger partial charge in [0.1, 0.15) is 5.75 Å². The van der Waals surface area contributed by atoms with Crippen LogP contribution in [0.25, 0.3) is 10.8 Å². The van der Waals surface area contributed by atoms with Gasteiger partial charge < -0.3 is 14.8 Å². The van der Waals surface area contributed by atoms with Crippen molar-refractivity contribution in [3.05, 3.63) is 63.8 Å². The molecule has 2 aromatic carbocycles. The first-order valence-corrected chi connectivity index (χ1v) is 9.59. The van der Waals surface area contributed by atoms with Crippen LogP contribution in [0.2, 0.25) is 5.02 Å². The number of carbonyl (C=O) groups excluding carboxylic acids is 2. The van der Waals surface area contributed by atoms with Gasteiger partial charge in [-0.05, 0) is 30.5 Å². The lowest BCUT2D eigenvalue weighted by Crippen LogP contribution is -2.31. The normalized spacial score (nSPS) is 11.8. The number of hydrogen-bond acceptors (Lipinski definition) is 5. The Bertz CT molecular complexity index is 942. The lowest BCUT2D eigenvalue weighted by atomic mass is 10.1. The Hall–Kier alpha value is -2.57. The van der Waals surface area contributed by atoms with E-state index in [1.165, 1.54) is 0 Å². The Morgan fingerprint density at radius 2 is 1.85 bits per heavy atom. The van der Waals surface area contributed by atoms with E-state index in [0.29, 0.717) is 10.8 Å². The van der Waals surface area contributed by atoms with E-state index in [1.807, 2.05) is 48.7 Å². The molecule has 0 saturated carbocycles. The smallest absolute Gasteiger partial charge is 0.344 e. The van der Waals surface area contributed by atoms with Crippen molar-refractivity contribution >= 4 is 45.6 Å². The van der Waals surface area contributed by atoms with E-state index in [4.69, 9.17) is 21.1 Å². The standard InChI is InChI=1S/C20H18ClNO4S/c1-13(18-7-4-10-27-18)22-19(23)11-26-20(24)12-25-17-9-8-16(21)14-5-2-3-6-15(14)17/h2-10,13H,11-12H2,1H3,(H,22,23)/t13-/m0/s1. The number of nitrogens with one attached hydrogen (secondary N) is 1. The first-order valence-electron chi connectivity index (χ1n) is 8.33. The summed E-state index contributed by atoms with van der Waals surface area (Å²) in [6, 6.07) is 14.6. The number of carbonyl (C=O) groups is 2. The molecule has 1 aromatic heterocycles. The fourth-order valence-corrected chi connectivity index (χ4v) is 3.54. The van der Waals surface area contributed by atoms with Crippen molar-refractivity contribution in [3.63, 3.8) is 0 Å². The van der Waals surface area contributed by atoms with Gasteiger partial charge in [-0.2, -0.15) is 0 Å². The van der Waals surface area contributed by atoms with Gasteiger partial charge in [-0.25, -0.2) is 4.79 Å². The summed E-state index contributed by atoms with van der Waals surface area (Å²) in [5.41, 5.74) is 0. The molecular formula is C20H18ClNO4S. The number of amides is 1. The fourth-order valence-electron chi connectivity index (χ4n) is 2.58. The maximum Gasteiger partial charge on any atom is 0.344 e. The lowest BCUT2D eigenvalue weighted by Gasteiger charge is -2.13. The Balaban J connectivity index is 1.49. The van der Waals surface area contributed by atoms with E-state index in [2.05, 4.69) is 5.32 Å². The van der Waals surface area contributed by atoms with Crippen molar-refractivity contribution in [2.75, 3.05) is 13.2 Å². The number of benzene rings is 2. The van der Waals surface area contributed by atoms with Crippen molar-refractivity contribution < 1.29 is 19.1 Å². The third-order valence-corrected chi connectivity index (χ3v) is 5.27. The quantitative estimate of drug-likeness (QED) is 0.595. The molecule has 0 saturated heterocycles. The summed E-state index contributed by atoms with van der Waals surface area (Å²) in [7, 11) is 0. The van der Waals surface area contributed by atoms with Crippen molar-refractivity contribution in [2.45, 2.75) is 13.0 Å². The van der Waals surface area contributed by atoms with Crippen molar-refractivity contribution in [1.82, 2.24) is 5.32 Å². The summed E-state index contributed by atoms with van der Waals surface area (Å²) in [4.78, 5) is 24.8. The third-order valence-electron chi connectivity index (χ3n) is 3.89. The van der Waals surface area contributed by atoms with E-state index < -0.39 is 5.97 Å². The molecule has 1 heterocycles. The maximum atomic E-state index is 11.9. The molecule has 27 heavy (non-hydrogen) atoms. The van der Waals surface area contributed by atoms with Gasteiger partial charge in [0.25, 0.3) is 5.91 Å². The predicted octanol–water partition coefficient (Wildman–Crippen LogP) is 4.35.